The number of hydrogen-bond donors (Lipinski definition) is 1. The van der Waals surface area contributed by atoms with Crippen LogP contribution in [0.3, 0.4) is 0 Å². The normalized spacial score (nSPS) is 16.0. The first-order valence-electron chi connectivity index (χ1n) is 9.56. The van der Waals surface area contributed by atoms with Gasteiger partial charge in [0.2, 0.25) is 5.91 Å². The van der Waals surface area contributed by atoms with Gasteiger partial charge >= 0.3 is 0 Å². The number of ether oxygens (including phenoxy) is 1. The Labute approximate surface area is 177 Å². The molecule has 1 aliphatic rings. The van der Waals surface area contributed by atoms with E-state index in [2.05, 4.69) is 22.4 Å². The molecule has 0 saturated carbocycles. The second-order valence-corrected chi connectivity index (χ2v) is 9.06. The van der Waals surface area contributed by atoms with Crippen LogP contribution < -0.4 is 10.9 Å². The van der Waals surface area contributed by atoms with Gasteiger partial charge in [0.25, 0.3) is 5.56 Å². The molecule has 0 spiro atoms. The molecule has 2 aromatic heterocycles. The third kappa shape index (κ3) is 4.24. The number of fused-ring (bicyclic) bond motifs is 1. The van der Waals surface area contributed by atoms with Crippen molar-refractivity contribution in [2.75, 3.05) is 25.5 Å². The van der Waals surface area contributed by atoms with Gasteiger partial charge in [0.15, 0.2) is 5.16 Å². The summed E-state index contributed by atoms with van der Waals surface area (Å²) >= 11 is 2.73. The summed E-state index contributed by atoms with van der Waals surface area (Å²) in [5, 5.41) is 6.14. The Morgan fingerprint density at radius 1 is 1.28 bits per heavy atom. The zero-order valence-electron chi connectivity index (χ0n) is 16.2. The molecule has 4 rings (SSSR count). The molecule has 1 N–H and O–H groups in total. The van der Waals surface area contributed by atoms with Crippen LogP contribution in [0.2, 0.25) is 0 Å². The molecule has 6 nitrogen and oxygen atoms in total. The number of hydrogen-bond acceptors (Lipinski definition) is 6. The molecule has 0 aliphatic carbocycles. The third-order valence-electron chi connectivity index (χ3n) is 5.46. The van der Waals surface area contributed by atoms with Crippen LogP contribution in [0.4, 0.5) is 0 Å². The van der Waals surface area contributed by atoms with E-state index < -0.39 is 0 Å². The van der Waals surface area contributed by atoms with Crippen LogP contribution in [0.5, 0.6) is 0 Å². The first-order valence-corrected chi connectivity index (χ1v) is 11.4. The van der Waals surface area contributed by atoms with Crippen molar-refractivity contribution in [2.45, 2.75) is 23.4 Å². The fourth-order valence-corrected chi connectivity index (χ4v) is 5.29. The topological polar surface area (TPSA) is 73.2 Å². The van der Waals surface area contributed by atoms with Gasteiger partial charge in [0, 0.05) is 32.2 Å². The van der Waals surface area contributed by atoms with Gasteiger partial charge in [0.1, 0.15) is 4.83 Å². The lowest BCUT2D eigenvalue weighted by molar-refractivity contribution is -0.119. The number of rotatable bonds is 6. The Bertz CT molecular complexity index is 1060. The molecule has 1 aromatic carbocycles. The summed E-state index contributed by atoms with van der Waals surface area (Å²) in [5.74, 6) is 0.163. The average Bonchev–Trinajstić information content (AvgIpc) is 3.24. The smallest absolute Gasteiger partial charge is 0.262 e. The highest BCUT2D eigenvalue weighted by atomic mass is 32.2. The highest BCUT2D eigenvalue weighted by Gasteiger charge is 2.34. The second kappa shape index (κ2) is 8.69. The molecule has 8 heteroatoms. The van der Waals surface area contributed by atoms with Crippen molar-refractivity contribution in [3.05, 3.63) is 57.7 Å². The van der Waals surface area contributed by atoms with Crippen LogP contribution in [-0.4, -0.2) is 41.0 Å². The van der Waals surface area contributed by atoms with Gasteiger partial charge in [-0.05, 0) is 29.9 Å². The minimum atomic E-state index is -0.0964. The van der Waals surface area contributed by atoms with E-state index in [1.165, 1.54) is 33.2 Å². The predicted octanol–water partition coefficient (Wildman–Crippen LogP) is 2.95. The molecule has 1 aliphatic heterocycles. The first-order chi connectivity index (χ1) is 14.1. The van der Waals surface area contributed by atoms with E-state index in [0.29, 0.717) is 35.1 Å². The molecule has 3 aromatic rings. The lowest BCUT2D eigenvalue weighted by Gasteiger charge is -2.38. The van der Waals surface area contributed by atoms with Crippen LogP contribution in [0.25, 0.3) is 10.2 Å². The van der Waals surface area contributed by atoms with Gasteiger partial charge in [-0.2, -0.15) is 0 Å². The average molecular weight is 430 g/mol. The lowest BCUT2D eigenvalue weighted by Crippen LogP contribution is -2.45. The molecule has 1 saturated heterocycles. The van der Waals surface area contributed by atoms with Crippen molar-refractivity contribution in [3.8, 4) is 0 Å². The van der Waals surface area contributed by atoms with Gasteiger partial charge in [0.05, 0.1) is 11.1 Å². The summed E-state index contributed by atoms with van der Waals surface area (Å²) in [5.41, 5.74) is 1.06. The number of amides is 1. The van der Waals surface area contributed by atoms with Crippen LogP contribution in [0, 0.1) is 0 Å². The molecular weight excluding hydrogens is 406 g/mol. The molecule has 1 fully saturated rings. The standard InChI is InChI=1S/C21H23N3O3S2/c1-24-19(26)16-7-12-28-18(16)23-20(24)29-13-17(25)22-14-21(8-10-27-11-9-21)15-5-3-2-4-6-15/h2-7,12H,8-11,13-14H2,1H3,(H,22,25). The van der Waals surface area contributed by atoms with E-state index in [9.17, 15) is 9.59 Å². The molecule has 0 atom stereocenters. The van der Waals surface area contributed by atoms with E-state index >= 15 is 0 Å². The van der Waals surface area contributed by atoms with Crippen LogP contribution in [0.15, 0.2) is 51.7 Å². The summed E-state index contributed by atoms with van der Waals surface area (Å²) in [6.07, 6.45) is 1.77. The maximum absolute atomic E-state index is 12.6. The van der Waals surface area contributed by atoms with Gasteiger partial charge in [-0.3, -0.25) is 14.2 Å². The predicted molar refractivity (Wildman–Crippen MR) is 117 cm³/mol. The Kier molecular flexibility index (Phi) is 6.03. The van der Waals surface area contributed by atoms with Gasteiger partial charge < -0.3 is 10.1 Å². The molecule has 152 valence electrons. The summed E-state index contributed by atoms with van der Waals surface area (Å²) in [4.78, 5) is 30.2. The van der Waals surface area contributed by atoms with Crippen molar-refractivity contribution in [1.29, 1.82) is 0 Å². The Balaban J connectivity index is 1.42. The number of carbonyl (C=O) groups excluding carboxylic acids is 1. The molecule has 0 unspecified atom stereocenters. The van der Waals surface area contributed by atoms with Crippen LogP contribution in [0.1, 0.15) is 18.4 Å². The SMILES string of the molecule is Cn1c(SCC(=O)NCC2(c3ccccc3)CCOCC2)nc2sccc2c1=O. The number of nitrogens with zero attached hydrogens (tertiary/aromatic N) is 2. The summed E-state index contributed by atoms with van der Waals surface area (Å²) in [6, 6.07) is 12.1. The number of thioether (sulfide) groups is 1. The van der Waals surface area contributed by atoms with Crippen molar-refractivity contribution in [1.82, 2.24) is 14.9 Å². The zero-order valence-corrected chi connectivity index (χ0v) is 17.9. The summed E-state index contributed by atoms with van der Waals surface area (Å²) < 4.78 is 7.07. The minimum Gasteiger partial charge on any atom is -0.381 e. The third-order valence-corrected chi connectivity index (χ3v) is 7.29. The van der Waals surface area contributed by atoms with E-state index in [0.717, 1.165) is 12.8 Å². The quantitative estimate of drug-likeness (QED) is 0.482. The number of carbonyl (C=O) groups is 1. The number of thiophene rings is 1. The monoisotopic (exact) mass is 429 g/mol. The largest absolute Gasteiger partial charge is 0.381 e. The highest BCUT2D eigenvalue weighted by Crippen LogP contribution is 2.34. The van der Waals surface area contributed by atoms with E-state index in [-0.39, 0.29) is 22.6 Å². The Hall–Kier alpha value is -2.16. The molecule has 0 bridgehead atoms. The van der Waals surface area contributed by atoms with Crippen molar-refractivity contribution in [3.63, 3.8) is 0 Å². The zero-order chi connectivity index (χ0) is 20.3. The first kappa shape index (κ1) is 20.1. The number of benzene rings is 1. The van der Waals surface area contributed by atoms with Gasteiger partial charge in [-0.15, -0.1) is 11.3 Å². The van der Waals surface area contributed by atoms with Crippen LogP contribution in [-0.2, 0) is 22.0 Å². The maximum Gasteiger partial charge on any atom is 0.262 e. The Morgan fingerprint density at radius 3 is 2.79 bits per heavy atom. The number of nitrogens with one attached hydrogen (secondary N) is 1. The second-order valence-electron chi connectivity index (χ2n) is 7.22. The van der Waals surface area contributed by atoms with Crippen molar-refractivity contribution < 1.29 is 9.53 Å². The minimum absolute atomic E-state index is 0.0580. The molecule has 29 heavy (non-hydrogen) atoms. The maximum atomic E-state index is 12.6. The summed E-state index contributed by atoms with van der Waals surface area (Å²) in [6.45, 7) is 1.98. The lowest BCUT2D eigenvalue weighted by atomic mass is 9.74. The summed E-state index contributed by atoms with van der Waals surface area (Å²) in [7, 11) is 1.69. The number of aromatic nitrogens is 2. The molecular formula is C21H23N3O3S2. The fourth-order valence-electron chi connectivity index (χ4n) is 3.68. The fraction of sp³-hybridized carbons (Fsp3) is 0.381. The van der Waals surface area contributed by atoms with Gasteiger partial charge in [-0.1, -0.05) is 42.1 Å². The van der Waals surface area contributed by atoms with Crippen LogP contribution >= 0.6 is 23.1 Å². The van der Waals surface area contributed by atoms with E-state index in [1.54, 1.807) is 13.1 Å². The van der Waals surface area contributed by atoms with Gasteiger partial charge in [-0.25, -0.2) is 4.98 Å². The molecule has 0 radical (unpaired) electrons. The highest BCUT2D eigenvalue weighted by molar-refractivity contribution is 7.99. The molecule has 3 heterocycles. The van der Waals surface area contributed by atoms with Crippen molar-refractivity contribution in [2.24, 2.45) is 7.05 Å². The Morgan fingerprint density at radius 2 is 2.03 bits per heavy atom. The van der Waals surface area contributed by atoms with Crippen molar-refractivity contribution >= 4 is 39.2 Å². The van der Waals surface area contributed by atoms with E-state index in [4.69, 9.17) is 4.74 Å². The van der Waals surface area contributed by atoms with E-state index in [1.807, 2.05) is 23.6 Å². The molecule has 1 amide bonds.